The van der Waals surface area contributed by atoms with Crippen LogP contribution in [0.4, 0.5) is 0 Å². The Bertz CT molecular complexity index is 897. The van der Waals surface area contributed by atoms with E-state index in [0.29, 0.717) is 33.0 Å². The first-order valence-electron chi connectivity index (χ1n) is 14.5. The molecule has 34 heavy (non-hydrogen) atoms. The van der Waals surface area contributed by atoms with E-state index in [1.807, 2.05) is 5.57 Å². The summed E-state index contributed by atoms with van der Waals surface area (Å²) in [6.07, 6.45) is 15.9. The van der Waals surface area contributed by atoms with Crippen LogP contribution < -0.4 is 0 Å². The summed E-state index contributed by atoms with van der Waals surface area (Å²) in [5.74, 6) is 2.01. The number of ether oxygens (including phenoxy) is 1. The van der Waals surface area contributed by atoms with E-state index in [-0.39, 0.29) is 17.5 Å². The van der Waals surface area contributed by atoms with Crippen LogP contribution in [0.3, 0.4) is 0 Å². The molecule has 2 unspecified atom stereocenters. The predicted octanol–water partition coefficient (Wildman–Crippen LogP) is 8.74. The number of hydrogen-bond donors (Lipinski definition) is 0. The van der Waals surface area contributed by atoms with Gasteiger partial charge in [0.05, 0.1) is 0 Å². The van der Waals surface area contributed by atoms with Gasteiger partial charge in [-0.15, -0.1) is 0 Å². The van der Waals surface area contributed by atoms with Crippen molar-refractivity contribution in [2.24, 2.45) is 50.2 Å². The Labute approximate surface area is 210 Å². The van der Waals surface area contributed by atoms with E-state index in [4.69, 9.17) is 4.74 Å². The van der Waals surface area contributed by atoms with Crippen LogP contribution in [0.25, 0.3) is 0 Å². The largest absolute Gasteiger partial charge is 0.462 e. The Morgan fingerprint density at radius 2 is 1.53 bits per heavy atom. The molecule has 4 saturated carbocycles. The summed E-state index contributed by atoms with van der Waals surface area (Å²) >= 11 is 0. The van der Waals surface area contributed by atoms with E-state index in [9.17, 15) is 4.79 Å². The molecule has 0 heterocycles. The number of allylic oxidation sites excluding steroid dienone is 2. The maximum atomic E-state index is 11.9. The molecule has 2 nitrogen and oxygen atoms in total. The normalized spacial score (nSPS) is 51.1. The Balaban J connectivity index is 1.53. The van der Waals surface area contributed by atoms with Crippen LogP contribution >= 0.6 is 0 Å². The molecule has 0 aromatic heterocycles. The van der Waals surface area contributed by atoms with E-state index in [1.165, 1.54) is 57.8 Å². The maximum absolute atomic E-state index is 11.9. The molecule has 5 rings (SSSR count). The fourth-order valence-electron chi connectivity index (χ4n) is 10.9. The molecule has 192 valence electrons. The highest BCUT2D eigenvalue weighted by molar-refractivity contribution is 5.66. The van der Waals surface area contributed by atoms with Gasteiger partial charge >= 0.3 is 5.97 Å². The van der Waals surface area contributed by atoms with Gasteiger partial charge in [-0.25, -0.2) is 0 Å². The lowest BCUT2D eigenvalue weighted by molar-refractivity contribution is -0.211. The van der Waals surface area contributed by atoms with Crippen molar-refractivity contribution >= 4 is 5.97 Å². The number of carbonyl (C=O) groups excluding carboxylic acids is 1. The lowest BCUT2D eigenvalue weighted by Crippen LogP contribution is -2.64. The lowest BCUT2D eigenvalue weighted by atomic mass is 9.33. The standard InChI is InChI=1S/C32H52O2/c1-21(33)34-26-13-14-30(7)24(28(26,4)5)12-15-32(9)25(30)11-10-22-23-20-27(2,3)16-17-29(23,6)18-19-31(22,32)8/h10,23-26H,11-20H2,1-9H3/t23-,24?,25?,26-,29-,30+,31-,32-/m1/s1. The molecule has 5 aliphatic rings. The van der Waals surface area contributed by atoms with Gasteiger partial charge in [-0.05, 0) is 109 Å². The van der Waals surface area contributed by atoms with Crippen molar-refractivity contribution in [2.45, 2.75) is 133 Å². The summed E-state index contributed by atoms with van der Waals surface area (Å²) in [5.41, 5.74) is 3.92. The third kappa shape index (κ3) is 3.21. The highest BCUT2D eigenvalue weighted by Crippen LogP contribution is 2.75. The molecular weight excluding hydrogens is 416 g/mol. The van der Waals surface area contributed by atoms with E-state index in [1.54, 1.807) is 6.92 Å². The smallest absolute Gasteiger partial charge is 0.302 e. The molecule has 0 N–H and O–H groups in total. The van der Waals surface area contributed by atoms with Crippen molar-refractivity contribution in [1.29, 1.82) is 0 Å². The Morgan fingerprint density at radius 1 is 0.853 bits per heavy atom. The summed E-state index contributed by atoms with van der Waals surface area (Å²) in [6, 6.07) is 0. The number of hydrogen-bond acceptors (Lipinski definition) is 2. The van der Waals surface area contributed by atoms with Crippen molar-refractivity contribution < 1.29 is 9.53 Å². The molecule has 0 amide bonds. The Kier molecular flexibility index (Phi) is 5.40. The third-order valence-corrected chi connectivity index (χ3v) is 13.3. The molecular formula is C32H52O2. The van der Waals surface area contributed by atoms with Crippen molar-refractivity contribution in [2.75, 3.05) is 0 Å². The van der Waals surface area contributed by atoms with Gasteiger partial charge < -0.3 is 4.74 Å². The van der Waals surface area contributed by atoms with Crippen LogP contribution in [0.5, 0.6) is 0 Å². The average molecular weight is 469 g/mol. The van der Waals surface area contributed by atoms with Gasteiger partial charge in [-0.1, -0.05) is 67.0 Å². The van der Waals surface area contributed by atoms with Gasteiger partial charge in [0.2, 0.25) is 0 Å². The molecule has 0 spiro atoms. The van der Waals surface area contributed by atoms with Gasteiger partial charge in [0.15, 0.2) is 0 Å². The molecule has 0 saturated heterocycles. The van der Waals surface area contributed by atoms with E-state index in [2.05, 4.69) is 61.5 Å². The van der Waals surface area contributed by atoms with Gasteiger partial charge in [0.1, 0.15) is 6.10 Å². The monoisotopic (exact) mass is 468 g/mol. The fourth-order valence-corrected chi connectivity index (χ4v) is 10.9. The molecule has 0 aliphatic heterocycles. The quantitative estimate of drug-likeness (QED) is 0.284. The summed E-state index contributed by atoms with van der Waals surface area (Å²) in [6.45, 7) is 22.0. The second-order valence-electron chi connectivity index (χ2n) is 15.8. The Morgan fingerprint density at radius 3 is 2.21 bits per heavy atom. The van der Waals surface area contributed by atoms with Crippen LogP contribution in [-0.4, -0.2) is 12.1 Å². The highest BCUT2D eigenvalue weighted by Gasteiger charge is 2.68. The van der Waals surface area contributed by atoms with Crippen molar-refractivity contribution in [1.82, 2.24) is 0 Å². The van der Waals surface area contributed by atoms with Crippen LogP contribution in [0.15, 0.2) is 11.6 Å². The molecule has 8 atom stereocenters. The zero-order valence-electron chi connectivity index (χ0n) is 23.8. The van der Waals surface area contributed by atoms with E-state index < -0.39 is 0 Å². The number of rotatable bonds is 1. The summed E-state index contributed by atoms with van der Waals surface area (Å²) in [5, 5.41) is 0. The first-order chi connectivity index (χ1) is 15.6. The minimum atomic E-state index is -0.110. The van der Waals surface area contributed by atoms with Crippen LogP contribution in [0.1, 0.15) is 127 Å². The number of carbonyl (C=O) groups is 1. The van der Waals surface area contributed by atoms with E-state index >= 15 is 0 Å². The van der Waals surface area contributed by atoms with E-state index in [0.717, 1.165) is 18.3 Å². The van der Waals surface area contributed by atoms with Crippen LogP contribution in [-0.2, 0) is 9.53 Å². The minimum absolute atomic E-state index is 0.0451. The van der Waals surface area contributed by atoms with Crippen molar-refractivity contribution in [3.8, 4) is 0 Å². The number of esters is 1. The highest BCUT2D eigenvalue weighted by atomic mass is 16.5. The molecule has 0 radical (unpaired) electrons. The molecule has 0 bridgehead atoms. The van der Waals surface area contributed by atoms with Crippen molar-refractivity contribution in [3.05, 3.63) is 11.6 Å². The van der Waals surface area contributed by atoms with Gasteiger partial charge in [-0.2, -0.15) is 0 Å². The summed E-state index contributed by atoms with van der Waals surface area (Å²) in [7, 11) is 0. The lowest BCUT2D eigenvalue weighted by Gasteiger charge is -2.71. The van der Waals surface area contributed by atoms with Gasteiger partial charge in [0, 0.05) is 12.3 Å². The molecule has 5 aliphatic carbocycles. The average Bonchev–Trinajstić information content (AvgIpc) is 2.72. The minimum Gasteiger partial charge on any atom is -0.462 e. The van der Waals surface area contributed by atoms with Crippen LogP contribution in [0, 0.1) is 50.2 Å². The zero-order chi connectivity index (χ0) is 24.9. The Hall–Kier alpha value is -0.790. The SMILES string of the molecule is CC(=O)O[C@@H]1CC[C@@]2(C)C(CC[C@]3(C)C2CC=C2[C@H]4CC(C)(C)CC[C@]4(C)CC[C@]23C)C1(C)C. The first kappa shape index (κ1) is 24.9. The number of fused-ring (bicyclic) bond motifs is 7. The van der Waals surface area contributed by atoms with Gasteiger partial charge in [-0.3, -0.25) is 4.79 Å². The topological polar surface area (TPSA) is 26.3 Å². The molecule has 4 fully saturated rings. The van der Waals surface area contributed by atoms with Crippen molar-refractivity contribution in [3.63, 3.8) is 0 Å². The van der Waals surface area contributed by atoms with Crippen LogP contribution in [0.2, 0.25) is 0 Å². The molecule has 2 heteroatoms. The molecule has 0 aromatic rings. The maximum Gasteiger partial charge on any atom is 0.302 e. The second-order valence-corrected chi connectivity index (χ2v) is 15.8. The zero-order valence-corrected chi connectivity index (χ0v) is 23.8. The fraction of sp³-hybridized carbons (Fsp3) is 0.906. The van der Waals surface area contributed by atoms with Gasteiger partial charge in [0.25, 0.3) is 0 Å². The second kappa shape index (κ2) is 7.38. The summed E-state index contributed by atoms with van der Waals surface area (Å²) < 4.78 is 5.91. The summed E-state index contributed by atoms with van der Waals surface area (Å²) in [4.78, 5) is 11.9. The first-order valence-corrected chi connectivity index (χ1v) is 14.5. The predicted molar refractivity (Wildman–Crippen MR) is 140 cm³/mol. The molecule has 0 aromatic carbocycles. The third-order valence-electron chi connectivity index (χ3n) is 13.3.